The zero-order valence-electron chi connectivity index (χ0n) is 17.5. The van der Waals surface area contributed by atoms with E-state index in [-0.39, 0.29) is 5.91 Å². The summed E-state index contributed by atoms with van der Waals surface area (Å²) in [5.41, 5.74) is 5.14. The van der Waals surface area contributed by atoms with E-state index in [1.165, 1.54) is 0 Å². The van der Waals surface area contributed by atoms with Crippen LogP contribution in [0.3, 0.4) is 0 Å². The van der Waals surface area contributed by atoms with Gasteiger partial charge in [-0.3, -0.25) is 30.1 Å². The number of imide groups is 1. The van der Waals surface area contributed by atoms with Crippen LogP contribution in [0.1, 0.15) is 56.3 Å². The van der Waals surface area contributed by atoms with E-state index < -0.39 is 29.9 Å². The molecule has 3 N–H and O–H groups in total. The van der Waals surface area contributed by atoms with Crippen molar-refractivity contribution < 1.29 is 19.2 Å². The Morgan fingerprint density at radius 2 is 1.67 bits per heavy atom. The van der Waals surface area contributed by atoms with Gasteiger partial charge < -0.3 is 10.2 Å². The summed E-state index contributed by atoms with van der Waals surface area (Å²) in [6.07, 6.45) is 3.96. The van der Waals surface area contributed by atoms with Gasteiger partial charge in [-0.15, -0.1) is 0 Å². The van der Waals surface area contributed by atoms with Crippen molar-refractivity contribution in [1.29, 1.82) is 0 Å². The van der Waals surface area contributed by atoms with Crippen LogP contribution in [-0.4, -0.2) is 53.8 Å². The summed E-state index contributed by atoms with van der Waals surface area (Å²) < 4.78 is 0. The topological polar surface area (TPSA) is 111 Å². The van der Waals surface area contributed by atoms with E-state index in [1.54, 1.807) is 12.1 Å². The molecule has 9 nitrogen and oxygen atoms in total. The Morgan fingerprint density at radius 3 is 2.27 bits per heavy atom. The summed E-state index contributed by atoms with van der Waals surface area (Å²) in [6.45, 7) is 5.40. The number of benzene rings is 1. The molecule has 1 saturated heterocycles. The van der Waals surface area contributed by atoms with Crippen molar-refractivity contribution in [2.24, 2.45) is 0 Å². The van der Waals surface area contributed by atoms with Gasteiger partial charge in [0.15, 0.2) is 0 Å². The van der Waals surface area contributed by atoms with E-state index in [0.717, 1.165) is 42.9 Å². The van der Waals surface area contributed by atoms with Gasteiger partial charge in [0.05, 0.1) is 0 Å². The van der Waals surface area contributed by atoms with Crippen molar-refractivity contribution in [2.45, 2.75) is 51.5 Å². The molecule has 5 amide bonds. The molecule has 9 heteroatoms. The zero-order chi connectivity index (χ0) is 21.7. The van der Waals surface area contributed by atoms with Gasteiger partial charge in [0.25, 0.3) is 17.7 Å². The van der Waals surface area contributed by atoms with E-state index in [9.17, 15) is 19.2 Å². The van der Waals surface area contributed by atoms with Crippen LogP contribution in [0, 0.1) is 0 Å². The lowest BCUT2D eigenvalue weighted by Crippen LogP contribution is -2.50. The number of hydrogen-bond donors (Lipinski definition) is 3. The van der Waals surface area contributed by atoms with Crippen molar-refractivity contribution in [3.05, 3.63) is 29.8 Å². The number of hydrazine groups is 1. The van der Waals surface area contributed by atoms with Gasteiger partial charge in [-0.1, -0.05) is 19.3 Å². The van der Waals surface area contributed by atoms with Gasteiger partial charge >= 0.3 is 6.03 Å². The fraction of sp³-hybridized carbons (Fsp3) is 0.524. The van der Waals surface area contributed by atoms with Crippen LogP contribution < -0.4 is 21.1 Å². The predicted molar refractivity (Wildman–Crippen MR) is 112 cm³/mol. The first-order valence-electron chi connectivity index (χ1n) is 10.5. The number of nitrogens with one attached hydrogen (secondary N) is 3. The minimum atomic E-state index is -0.870. The lowest BCUT2D eigenvalue weighted by atomic mass is 9.82. The maximum absolute atomic E-state index is 12.7. The molecule has 0 bridgehead atoms. The first-order chi connectivity index (χ1) is 14.4. The Balaban J connectivity index is 1.52. The molecule has 30 heavy (non-hydrogen) atoms. The number of anilines is 1. The highest BCUT2D eigenvalue weighted by Gasteiger charge is 2.51. The summed E-state index contributed by atoms with van der Waals surface area (Å²) in [7, 11) is 0. The molecule has 0 radical (unpaired) electrons. The lowest BCUT2D eigenvalue weighted by molar-refractivity contribution is -0.136. The highest BCUT2D eigenvalue weighted by molar-refractivity contribution is 6.09. The van der Waals surface area contributed by atoms with E-state index >= 15 is 0 Å². The fourth-order valence-electron chi connectivity index (χ4n) is 4.11. The van der Waals surface area contributed by atoms with Crippen LogP contribution in [0.25, 0.3) is 0 Å². The van der Waals surface area contributed by atoms with Crippen LogP contribution >= 0.6 is 0 Å². The molecule has 2 fully saturated rings. The summed E-state index contributed by atoms with van der Waals surface area (Å²) in [5.74, 6) is -1.48. The second kappa shape index (κ2) is 9.15. The number of carbonyl (C=O) groups excluding carboxylic acids is 4. The van der Waals surface area contributed by atoms with Crippen molar-refractivity contribution in [3.63, 3.8) is 0 Å². The van der Waals surface area contributed by atoms with Crippen LogP contribution in [-0.2, 0) is 9.59 Å². The van der Waals surface area contributed by atoms with E-state index in [4.69, 9.17) is 0 Å². The van der Waals surface area contributed by atoms with Crippen LogP contribution in [0.5, 0.6) is 0 Å². The third-order valence-corrected chi connectivity index (χ3v) is 5.83. The first kappa shape index (κ1) is 21.6. The Morgan fingerprint density at radius 1 is 1.03 bits per heavy atom. The molecule has 1 aliphatic heterocycles. The second-order valence-corrected chi connectivity index (χ2v) is 7.69. The largest absolute Gasteiger partial charge is 0.372 e. The minimum absolute atomic E-state index is 0.360. The van der Waals surface area contributed by atoms with Crippen molar-refractivity contribution in [1.82, 2.24) is 21.1 Å². The van der Waals surface area contributed by atoms with Crippen molar-refractivity contribution in [2.75, 3.05) is 24.5 Å². The Bertz CT molecular complexity index is 813. The number of urea groups is 1. The molecule has 1 spiro atoms. The lowest BCUT2D eigenvalue weighted by Gasteiger charge is -2.30. The highest BCUT2D eigenvalue weighted by atomic mass is 16.2. The molecule has 1 aromatic carbocycles. The molecule has 3 rings (SSSR count). The summed E-state index contributed by atoms with van der Waals surface area (Å²) >= 11 is 0. The maximum Gasteiger partial charge on any atom is 0.325 e. The minimum Gasteiger partial charge on any atom is -0.372 e. The van der Waals surface area contributed by atoms with Crippen LogP contribution in [0.2, 0.25) is 0 Å². The maximum atomic E-state index is 12.7. The van der Waals surface area contributed by atoms with Gasteiger partial charge in [-0.2, -0.15) is 0 Å². The number of carbonyl (C=O) groups is 4. The fourth-order valence-corrected chi connectivity index (χ4v) is 4.11. The Labute approximate surface area is 176 Å². The van der Waals surface area contributed by atoms with E-state index in [1.807, 2.05) is 12.1 Å². The first-order valence-corrected chi connectivity index (χ1v) is 10.5. The number of amides is 5. The average Bonchev–Trinajstić information content (AvgIpc) is 2.97. The van der Waals surface area contributed by atoms with E-state index in [0.29, 0.717) is 18.4 Å². The quantitative estimate of drug-likeness (QED) is 0.482. The van der Waals surface area contributed by atoms with Crippen LogP contribution in [0.15, 0.2) is 24.3 Å². The van der Waals surface area contributed by atoms with Gasteiger partial charge in [0, 0.05) is 24.3 Å². The molecule has 1 heterocycles. The van der Waals surface area contributed by atoms with Gasteiger partial charge in [-0.05, 0) is 51.0 Å². The molecule has 162 valence electrons. The van der Waals surface area contributed by atoms with E-state index in [2.05, 4.69) is 34.9 Å². The molecule has 0 atom stereocenters. The van der Waals surface area contributed by atoms with Gasteiger partial charge in [-0.25, -0.2) is 4.79 Å². The number of rotatable bonds is 6. The van der Waals surface area contributed by atoms with Crippen LogP contribution in [0.4, 0.5) is 10.5 Å². The summed E-state index contributed by atoms with van der Waals surface area (Å²) in [6, 6.07) is 6.50. The monoisotopic (exact) mass is 415 g/mol. The van der Waals surface area contributed by atoms with Crippen molar-refractivity contribution >= 4 is 29.4 Å². The molecule has 1 aromatic rings. The molecular formula is C21H29N5O4. The molecule has 2 aliphatic rings. The number of nitrogens with zero attached hydrogens (tertiary/aromatic N) is 2. The molecule has 0 aromatic heterocycles. The second-order valence-electron chi connectivity index (χ2n) is 7.69. The van der Waals surface area contributed by atoms with Crippen molar-refractivity contribution in [3.8, 4) is 0 Å². The molecule has 1 saturated carbocycles. The Hall–Kier alpha value is -3.10. The molecule has 0 unspecified atom stereocenters. The molecule has 1 aliphatic carbocycles. The Kier molecular flexibility index (Phi) is 6.59. The zero-order valence-corrected chi connectivity index (χ0v) is 17.5. The average molecular weight is 415 g/mol. The third-order valence-electron chi connectivity index (χ3n) is 5.83. The third kappa shape index (κ3) is 4.39. The molecular weight excluding hydrogens is 386 g/mol. The summed E-state index contributed by atoms with van der Waals surface area (Å²) in [5, 5.41) is 2.76. The number of hydrogen-bond acceptors (Lipinski definition) is 5. The SMILES string of the molecule is CCN(CC)c1ccc(C(=O)NNC(=O)CN2C(=O)NC3(CCCCC3)C2=O)cc1. The van der Waals surface area contributed by atoms with Gasteiger partial charge in [0.2, 0.25) is 0 Å². The normalized spacial score (nSPS) is 17.6. The predicted octanol–water partition coefficient (Wildman–Crippen LogP) is 1.55. The summed E-state index contributed by atoms with van der Waals surface area (Å²) in [4.78, 5) is 52.5. The standard InChI is InChI=1S/C21H29N5O4/c1-3-25(4-2)16-10-8-15(9-11-16)18(28)24-23-17(27)14-26-19(29)21(22-20(26)30)12-6-5-7-13-21/h8-11H,3-7,12-14H2,1-2H3,(H,22,30)(H,23,27)(H,24,28). The smallest absolute Gasteiger partial charge is 0.325 e. The van der Waals surface area contributed by atoms with Gasteiger partial charge in [0.1, 0.15) is 12.1 Å². The highest BCUT2D eigenvalue weighted by Crippen LogP contribution is 2.33.